The quantitative estimate of drug-likeness (QED) is 0.783. The first-order valence-corrected chi connectivity index (χ1v) is 4.69. The summed E-state index contributed by atoms with van der Waals surface area (Å²) in [7, 11) is 0. The van der Waals surface area contributed by atoms with Gasteiger partial charge in [0.25, 0.3) is 5.91 Å². The highest BCUT2D eigenvalue weighted by Gasteiger charge is 2.12. The van der Waals surface area contributed by atoms with E-state index in [2.05, 4.69) is 15.8 Å². The molecule has 0 aromatic heterocycles. The minimum Gasteiger partial charge on any atom is -0.507 e. The zero-order valence-electron chi connectivity index (χ0n) is 8.37. The summed E-state index contributed by atoms with van der Waals surface area (Å²) in [5.41, 5.74) is 2.65. The Hall–Kier alpha value is -2.37. The van der Waals surface area contributed by atoms with Crippen LogP contribution in [0.1, 0.15) is 10.4 Å². The van der Waals surface area contributed by atoms with Gasteiger partial charge in [-0.1, -0.05) is 17.4 Å². The van der Waals surface area contributed by atoms with Gasteiger partial charge in [0, 0.05) is 6.20 Å². The summed E-state index contributed by atoms with van der Waals surface area (Å²) >= 11 is 0. The number of carbonyl (C=O) groups excluding carboxylic acids is 1. The van der Waals surface area contributed by atoms with Gasteiger partial charge in [-0.2, -0.15) is 10.2 Å². The normalized spacial score (nSPS) is 13.9. The van der Waals surface area contributed by atoms with Gasteiger partial charge in [-0.15, -0.1) is 0 Å². The standard InChI is InChI=1S/C10H10N4O2/c15-9-5-2-1-4-8(9)10(16)12-14-7-3-6-11-13-14/h1-5,7,15H,6H2,(H,12,16). The Bertz CT molecular complexity index is 444. The fourth-order valence-electron chi connectivity index (χ4n) is 1.22. The van der Waals surface area contributed by atoms with Crippen molar-refractivity contribution in [1.82, 2.24) is 10.5 Å². The smallest absolute Gasteiger partial charge is 0.275 e. The minimum absolute atomic E-state index is 0.0714. The molecule has 0 saturated carbocycles. The minimum atomic E-state index is -0.441. The predicted molar refractivity (Wildman–Crippen MR) is 56.3 cm³/mol. The molecule has 0 fully saturated rings. The second-order valence-electron chi connectivity index (χ2n) is 3.10. The summed E-state index contributed by atoms with van der Waals surface area (Å²) in [5.74, 6) is -0.512. The monoisotopic (exact) mass is 218 g/mol. The Morgan fingerprint density at radius 1 is 1.44 bits per heavy atom. The largest absolute Gasteiger partial charge is 0.507 e. The van der Waals surface area contributed by atoms with Crippen LogP contribution >= 0.6 is 0 Å². The number of hydrazine groups is 1. The molecule has 1 aromatic carbocycles. The van der Waals surface area contributed by atoms with E-state index in [1.807, 2.05) is 0 Å². The van der Waals surface area contributed by atoms with Gasteiger partial charge in [0.05, 0.1) is 12.1 Å². The molecule has 82 valence electrons. The Labute approximate surface area is 91.8 Å². The average Bonchev–Trinajstić information content (AvgIpc) is 2.31. The third-order valence-electron chi connectivity index (χ3n) is 1.96. The number of carbonyl (C=O) groups is 1. The van der Waals surface area contributed by atoms with Gasteiger partial charge in [0.1, 0.15) is 5.75 Å². The van der Waals surface area contributed by atoms with Crippen molar-refractivity contribution in [3.8, 4) is 5.75 Å². The van der Waals surface area contributed by atoms with Crippen LogP contribution in [0.4, 0.5) is 0 Å². The third-order valence-corrected chi connectivity index (χ3v) is 1.96. The van der Waals surface area contributed by atoms with E-state index < -0.39 is 5.91 Å². The maximum Gasteiger partial charge on any atom is 0.275 e. The first-order valence-electron chi connectivity index (χ1n) is 4.69. The van der Waals surface area contributed by atoms with Crippen molar-refractivity contribution in [2.75, 3.05) is 6.54 Å². The highest BCUT2D eigenvalue weighted by atomic mass is 16.3. The molecule has 0 radical (unpaired) electrons. The average molecular weight is 218 g/mol. The van der Waals surface area contributed by atoms with Crippen LogP contribution in [0.3, 0.4) is 0 Å². The molecule has 2 N–H and O–H groups in total. The molecule has 0 unspecified atom stereocenters. The topological polar surface area (TPSA) is 77.3 Å². The summed E-state index contributed by atoms with van der Waals surface area (Å²) in [6.07, 6.45) is 3.34. The highest BCUT2D eigenvalue weighted by Crippen LogP contribution is 2.15. The van der Waals surface area contributed by atoms with Gasteiger partial charge in [-0.05, 0) is 18.2 Å². The molecule has 1 heterocycles. The number of phenolic OH excluding ortho intramolecular Hbond substituents is 1. The van der Waals surface area contributed by atoms with E-state index in [9.17, 15) is 9.90 Å². The molecule has 6 nitrogen and oxygen atoms in total. The van der Waals surface area contributed by atoms with E-state index in [0.717, 1.165) is 0 Å². The lowest BCUT2D eigenvalue weighted by Crippen LogP contribution is -2.35. The highest BCUT2D eigenvalue weighted by molar-refractivity contribution is 5.96. The number of para-hydroxylation sites is 1. The van der Waals surface area contributed by atoms with Crippen molar-refractivity contribution >= 4 is 5.91 Å². The Morgan fingerprint density at radius 2 is 2.25 bits per heavy atom. The molecule has 1 amide bonds. The lowest BCUT2D eigenvalue weighted by molar-refractivity contribution is 0.0839. The second-order valence-corrected chi connectivity index (χ2v) is 3.10. The summed E-state index contributed by atoms with van der Waals surface area (Å²) in [5, 5.41) is 18.0. The lowest BCUT2D eigenvalue weighted by atomic mass is 10.2. The van der Waals surface area contributed by atoms with Crippen LogP contribution in [0.15, 0.2) is 46.9 Å². The van der Waals surface area contributed by atoms with Gasteiger partial charge in [-0.25, -0.2) is 5.43 Å². The van der Waals surface area contributed by atoms with Crippen LogP contribution in [0.5, 0.6) is 5.75 Å². The van der Waals surface area contributed by atoms with E-state index in [-0.39, 0.29) is 11.3 Å². The third kappa shape index (κ3) is 2.17. The number of aromatic hydroxyl groups is 1. The van der Waals surface area contributed by atoms with Crippen LogP contribution in [-0.2, 0) is 0 Å². The second kappa shape index (κ2) is 4.43. The molecule has 0 atom stereocenters. The number of hydrogen-bond donors (Lipinski definition) is 2. The van der Waals surface area contributed by atoms with Crippen LogP contribution in [0, 0.1) is 0 Å². The number of hydrogen-bond acceptors (Lipinski definition) is 5. The van der Waals surface area contributed by atoms with E-state index in [0.29, 0.717) is 6.54 Å². The van der Waals surface area contributed by atoms with Crippen molar-refractivity contribution in [1.29, 1.82) is 0 Å². The van der Waals surface area contributed by atoms with E-state index in [4.69, 9.17) is 0 Å². The van der Waals surface area contributed by atoms with Crippen LogP contribution in [0.2, 0.25) is 0 Å². The Kier molecular flexibility index (Phi) is 2.81. The van der Waals surface area contributed by atoms with Crippen molar-refractivity contribution in [3.05, 3.63) is 42.1 Å². The summed E-state index contributed by atoms with van der Waals surface area (Å²) in [6, 6.07) is 6.28. The Morgan fingerprint density at radius 3 is 2.94 bits per heavy atom. The fraction of sp³-hybridized carbons (Fsp3) is 0.100. The molecule has 0 aliphatic carbocycles. The maximum atomic E-state index is 11.7. The molecular weight excluding hydrogens is 208 g/mol. The predicted octanol–water partition coefficient (Wildman–Crippen LogP) is 1.23. The summed E-state index contributed by atoms with van der Waals surface area (Å²) < 4.78 is 0. The van der Waals surface area contributed by atoms with Gasteiger partial charge in [0.15, 0.2) is 0 Å². The van der Waals surface area contributed by atoms with E-state index >= 15 is 0 Å². The molecule has 0 bridgehead atoms. The van der Waals surface area contributed by atoms with Crippen LogP contribution < -0.4 is 5.43 Å². The zero-order chi connectivity index (χ0) is 11.4. The Balaban J connectivity index is 2.08. The number of nitrogens with zero attached hydrogens (tertiary/aromatic N) is 3. The number of amides is 1. The summed E-state index contributed by atoms with van der Waals surface area (Å²) in [4.78, 5) is 11.7. The van der Waals surface area contributed by atoms with Gasteiger partial charge in [-0.3, -0.25) is 4.79 Å². The molecule has 0 spiro atoms. The summed E-state index contributed by atoms with van der Waals surface area (Å²) in [6.45, 7) is 0.503. The number of rotatable bonds is 2. The van der Waals surface area contributed by atoms with Gasteiger partial charge in [0.2, 0.25) is 0 Å². The van der Waals surface area contributed by atoms with Crippen molar-refractivity contribution < 1.29 is 9.90 Å². The maximum absolute atomic E-state index is 11.7. The number of phenols is 1. The van der Waals surface area contributed by atoms with Gasteiger partial charge >= 0.3 is 0 Å². The molecule has 1 aliphatic rings. The lowest BCUT2D eigenvalue weighted by Gasteiger charge is -2.16. The van der Waals surface area contributed by atoms with Crippen molar-refractivity contribution in [2.45, 2.75) is 0 Å². The van der Waals surface area contributed by atoms with E-state index in [1.165, 1.54) is 17.3 Å². The first kappa shape index (κ1) is 10.2. The number of benzene rings is 1. The number of nitrogens with one attached hydrogen (secondary N) is 1. The van der Waals surface area contributed by atoms with Crippen LogP contribution in [0.25, 0.3) is 0 Å². The van der Waals surface area contributed by atoms with Crippen LogP contribution in [-0.4, -0.2) is 22.7 Å². The molecule has 1 aromatic rings. The molecular formula is C10H10N4O2. The fourth-order valence-corrected chi connectivity index (χ4v) is 1.22. The molecule has 0 saturated heterocycles. The molecule has 2 rings (SSSR count). The van der Waals surface area contributed by atoms with E-state index in [1.54, 1.807) is 24.4 Å². The zero-order valence-corrected chi connectivity index (χ0v) is 8.37. The molecule has 6 heteroatoms. The first-order chi connectivity index (χ1) is 7.77. The SMILES string of the molecule is O=C(NN1C=CCN=N1)c1ccccc1O. The van der Waals surface area contributed by atoms with Crippen molar-refractivity contribution in [2.24, 2.45) is 10.3 Å². The van der Waals surface area contributed by atoms with Gasteiger partial charge < -0.3 is 5.11 Å². The molecule has 1 aliphatic heterocycles. The molecule has 16 heavy (non-hydrogen) atoms. The van der Waals surface area contributed by atoms with Crippen molar-refractivity contribution in [3.63, 3.8) is 0 Å².